The molecule has 20 heavy (non-hydrogen) atoms. The molecule has 0 aliphatic rings. The van der Waals surface area contributed by atoms with Crippen molar-refractivity contribution in [1.82, 2.24) is 9.97 Å². The molecule has 98 valence electrons. The van der Waals surface area contributed by atoms with Crippen LogP contribution in [0.4, 0.5) is 0 Å². The Morgan fingerprint density at radius 1 is 0.950 bits per heavy atom. The van der Waals surface area contributed by atoms with Crippen molar-refractivity contribution in [3.05, 3.63) is 66.9 Å². The molecule has 0 atom stereocenters. The van der Waals surface area contributed by atoms with Gasteiger partial charge in [-0.3, -0.25) is 9.97 Å². The second-order valence-corrected chi connectivity index (χ2v) is 4.84. The highest BCUT2D eigenvalue weighted by Crippen LogP contribution is 2.26. The van der Waals surface area contributed by atoms with Crippen molar-refractivity contribution in [3.63, 3.8) is 0 Å². The Kier molecular flexibility index (Phi) is 3.25. The van der Waals surface area contributed by atoms with Crippen molar-refractivity contribution in [2.24, 2.45) is 7.05 Å². The van der Waals surface area contributed by atoms with E-state index in [0.29, 0.717) is 0 Å². The van der Waals surface area contributed by atoms with E-state index in [4.69, 9.17) is 0 Å². The number of nitrogens with zero attached hydrogens (tertiary/aromatic N) is 3. The van der Waals surface area contributed by atoms with E-state index in [-0.39, 0.29) is 0 Å². The van der Waals surface area contributed by atoms with E-state index in [9.17, 15) is 0 Å². The third-order valence-corrected chi connectivity index (χ3v) is 3.46. The zero-order valence-electron chi connectivity index (χ0n) is 11.6. The molecule has 0 amide bonds. The Morgan fingerprint density at radius 3 is 2.55 bits per heavy atom. The van der Waals surface area contributed by atoms with Crippen LogP contribution in [0.3, 0.4) is 0 Å². The van der Waals surface area contributed by atoms with Crippen LogP contribution in [0.15, 0.2) is 61.3 Å². The summed E-state index contributed by atoms with van der Waals surface area (Å²) >= 11 is 0. The fourth-order valence-corrected chi connectivity index (χ4v) is 2.29. The van der Waals surface area contributed by atoms with Gasteiger partial charge in [-0.25, -0.2) is 0 Å². The number of hydrogen-bond acceptors (Lipinski definition) is 2. The van der Waals surface area contributed by atoms with Crippen LogP contribution in [0.25, 0.3) is 22.4 Å². The van der Waals surface area contributed by atoms with Gasteiger partial charge in [-0.2, -0.15) is 4.57 Å². The standard InChI is InChI=1S/C17H16N3/c1-13-5-6-14(15-4-3-7-18-11-15)10-16(13)17-12-19-8-9-20(17)2/h3-12H,1-2H3/q+1. The largest absolute Gasteiger partial charge is 0.264 e. The highest BCUT2D eigenvalue weighted by atomic mass is 14.9. The lowest BCUT2D eigenvalue weighted by Gasteiger charge is -2.07. The fraction of sp³-hybridized carbons (Fsp3) is 0.118. The zero-order chi connectivity index (χ0) is 13.9. The third kappa shape index (κ3) is 2.30. The summed E-state index contributed by atoms with van der Waals surface area (Å²) in [7, 11) is 2.03. The Labute approximate surface area is 118 Å². The maximum absolute atomic E-state index is 4.23. The average Bonchev–Trinajstić information content (AvgIpc) is 2.49. The predicted octanol–water partition coefficient (Wildman–Crippen LogP) is 2.94. The number of pyridine rings is 1. The van der Waals surface area contributed by atoms with Gasteiger partial charge in [0.1, 0.15) is 7.05 Å². The van der Waals surface area contributed by atoms with Crippen LogP contribution in [-0.4, -0.2) is 9.97 Å². The highest BCUT2D eigenvalue weighted by molar-refractivity contribution is 5.72. The average molecular weight is 262 g/mol. The first-order chi connectivity index (χ1) is 9.75. The van der Waals surface area contributed by atoms with Crippen molar-refractivity contribution >= 4 is 0 Å². The van der Waals surface area contributed by atoms with Crippen LogP contribution in [0.5, 0.6) is 0 Å². The molecular formula is C17H16N3+. The molecule has 0 radical (unpaired) electrons. The first-order valence-corrected chi connectivity index (χ1v) is 6.57. The molecule has 0 aliphatic heterocycles. The van der Waals surface area contributed by atoms with Gasteiger partial charge in [-0.1, -0.05) is 18.2 Å². The Bertz CT molecular complexity index is 736. The molecule has 0 unspecified atom stereocenters. The van der Waals surface area contributed by atoms with Gasteiger partial charge in [0.25, 0.3) is 0 Å². The molecule has 0 fully saturated rings. The summed E-state index contributed by atoms with van der Waals surface area (Å²) in [5, 5.41) is 0. The molecule has 0 N–H and O–H groups in total. The first kappa shape index (κ1) is 12.5. The summed E-state index contributed by atoms with van der Waals surface area (Å²) in [6.45, 7) is 2.12. The molecule has 0 aliphatic carbocycles. The second-order valence-electron chi connectivity index (χ2n) is 4.84. The van der Waals surface area contributed by atoms with Gasteiger partial charge in [0.15, 0.2) is 6.20 Å². The van der Waals surface area contributed by atoms with Gasteiger partial charge in [0.05, 0.1) is 18.0 Å². The van der Waals surface area contributed by atoms with Gasteiger partial charge in [-0.05, 0) is 30.2 Å². The molecule has 0 saturated heterocycles. The maximum atomic E-state index is 4.23. The Hall–Kier alpha value is -2.55. The lowest BCUT2D eigenvalue weighted by molar-refractivity contribution is -0.660. The minimum atomic E-state index is 1.11. The number of hydrogen-bond donors (Lipinski definition) is 0. The minimum Gasteiger partial charge on any atom is -0.264 e. The van der Waals surface area contributed by atoms with Crippen molar-refractivity contribution in [2.75, 3.05) is 0 Å². The van der Waals surface area contributed by atoms with E-state index in [2.05, 4.69) is 45.7 Å². The summed E-state index contributed by atoms with van der Waals surface area (Å²) in [5.74, 6) is 0. The molecule has 0 saturated carbocycles. The molecule has 3 nitrogen and oxygen atoms in total. The Morgan fingerprint density at radius 2 is 1.80 bits per heavy atom. The van der Waals surface area contributed by atoms with Crippen molar-refractivity contribution in [1.29, 1.82) is 0 Å². The van der Waals surface area contributed by atoms with Gasteiger partial charge in [0, 0.05) is 18.0 Å². The normalized spacial score (nSPS) is 10.5. The molecule has 0 bridgehead atoms. The van der Waals surface area contributed by atoms with Gasteiger partial charge in [-0.15, -0.1) is 0 Å². The van der Waals surface area contributed by atoms with Crippen LogP contribution in [0.2, 0.25) is 0 Å². The quantitative estimate of drug-likeness (QED) is 0.665. The summed E-state index contributed by atoms with van der Waals surface area (Å²) in [5.41, 5.74) is 5.83. The molecular weight excluding hydrogens is 246 g/mol. The van der Waals surface area contributed by atoms with Crippen molar-refractivity contribution in [3.8, 4) is 22.4 Å². The van der Waals surface area contributed by atoms with E-state index in [0.717, 1.165) is 11.3 Å². The number of benzene rings is 1. The topological polar surface area (TPSA) is 29.7 Å². The zero-order valence-corrected chi connectivity index (χ0v) is 11.6. The lowest BCUT2D eigenvalue weighted by Crippen LogP contribution is -2.30. The minimum absolute atomic E-state index is 1.11. The Balaban J connectivity index is 2.15. The second kappa shape index (κ2) is 5.21. The SMILES string of the molecule is Cc1ccc(-c2cccnc2)cc1-c1cncc[n+]1C. The van der Waals surface area contributed by atoms with E-state index in [1.165, 1.54) is 16.7 Å². The van der Waals surface area contributed by atoms with Crippen LogP contribution < -0.4 is 4.57 Å². The molecule has 2 aromatic heterocycles. The van der Waals surface area contributed by atoms with Gasteiger partial charge in [0.2, 0.25) is 5.69 Å². The van der Waals surface area contributed by atoms with E-state index < -0.39 is 0 Å². The lowest BCUT2D eigenvalue weighted by atomic mass is 9.99. The molecule has 0 spiro atoms. The van der Waals surface area contributed by atoms with Crippen LogP contribution >= 0.6 is 0 Å². The third-order valence-electron chi connectivity index (χ3n) is 3.46. The van der Waals surface area contributed by atoms with E-state index in [1.54, 1.807) is 12.4 Å². The smallest absolute Gasteiger partial charge is 0.231 e. The summed E-state index contributed by atoms with van der Waals surface area (Å²) in [4.78, 5) is 8.42. The first-order valence-electron chi connectivity index (χ1n) is 6.57. The van der Waals surface area contributed by atoms with Crippen molar-refractivity contribution < 1.29 is 4.57 Å². The van der Waals surface area contributed by atoms with Gasteiger partial charge < -0.3 is 0 Å². The number of aromatic nitrogens is 3. The summed E-state index contributed by atoms with van der Waals surface area (Å²) in [6.07, 6.45) is 9.34. The highest BCUT2D eigenvalue weighted by Gasteiger charge is 2.13. The number of rotatable bonds is 2. The molecule has 2 heterocycles. The van der Waals surface area contributed by atoms with Crippen molar-refractivity contribution in [2.45, 2.75) is 6.92 Å². The van der Waals surface area contributed by atoms with E-state index in [1.807, 2.05) is 31.7 Å². The summed E-state index contributed by atoms with van der Waals surface area (Å²) < 4.78 is 2.09. The number of aryl methyl sites for hydroxylation is 2. The van der Waals surface area contributed by atoms with Crippen LogP contribution in [0.1, 0.15) is 5.56 Å². The van der Waals surface area contributed by atoms with Gasteiger partial charge >= 0.3 is 0 Å². The van der Waals surface area contributed by atoms with Crippen LogP contribution in [0, 0.1) is 6.92 Å². The summed E-state index contributed by atoms with van der Waals surface area (Å²) in [6, 6.07) is 10.5. The predicted molar refractivity (Wildman–Crippen MR) is 78.8 cm³/mol. The molecule has 1 aromatic carbocycles. The van der Waals surface area contributed by atoms with Crippen LogP contribution in [-0.2, 0) is 7.05 Å². The monoisotopic (exact) mass is 262 g/mol. The maximum Gasteiger partial charge on any atom is 0.231 e. The molecule has 3 rings (SSSR count). The molecule has 3 heteroatoms. The fourth-order valence-electron chi connectivity index (χ4n) is 2.29. The molecule has 3 aromatic rings. The van der Waals surface area contributed by atoms with E-state index >= 15 is 0 Å².